The summed E-state index contributed by atoms with van der Waals surface area (Å²) in [5.41, 5.74) is 5.16. The lowest BCUT2D eigenvalue weighted by molar-refractivity contribution is -0.173. The molecule has 0 bridgehead atoms. The summed E-state index contributed by atoms with van der Waals surface area (Å²) in [7, 11) is 0. The molecule has 1 atom stereocenters. The van der Waals surface area contributed by atoms with E-state index in [0.717, 1.165) is 0 Å². The van der Waals surface area contributed by atoms with Gasteiger partial charge in [-0.05, 0) is 19.3 Å². The van der Waals surface area contributed by atoms with Crippen LogP contribution in [0, 0.1) is 0 Å². The Bertz CT molecular complexity index is 256. The van der Waals surface area contributed by atoms with Gasteiger partial charge in [-0.1, -0.05) is 7.43 Å². The van der Waals surface area contributed by atoms with Gasteiger partial charge in [-0.15, -0.1) is 0 Å². The molecule has 5 nitrogen and oxygen atoms in total. The Morgan fingerprint density at radius 2 is 1.82 bits per heavy atom. The second kappa shape index (κ2) is 7.88. The van der Waals surface area contributed by atoms with E-state index in [1.54, 1.807) is 5.32 Å². The number of unbranched alkanes of at least 4 members (excludes halogenated alkanes) is 1. The highest BCUT2D eigenvalue weighted by atomic mass is 19.4. The largest absolute Gasteiger partial charge is 0.480 e. The van der Waals surface area contributed by atoms with Crippen LogP contribution in [0.25, 0.3) is 0 Å². The molecule has 8 heteroatoms. The smallest absolute Gasteiger partial charge is 0.471 e. The van der Waals surface area contributed by atoms with Gasteiger partial charge >= 0.3 is 18.1 Å². The first-order valence-electron chi connectivity index (χ1n) is 4.58. The standard InChI is InChI=1S/C8H13F3N2O3.CH4/c9-8(10,11)7(16)13-4-2-1-3-5(12)6(14)15;/h5H,1-4,12H2,(H,13,16)(H,14,15);1H4. The second-order valence-corrected chi connectivity index (χ2v) is 3.19. The molecule has 0 aromatic rings. The Kier molecular flexibility index (Phi) is 8.38. The lowest BCUT2D eigenvalue weighted by Gasteiger charge is -2.08. The molecule has 0 aliphatic rings. The number of aliphatic carboxylic acids is 1. The lowest BCUT2D eigenvalue weighted by Crippen LogP contribution is -2.37. The zero-order chi connectivity index (χ0) is 12.8. The maximum absolute atomic E-state index is 11.7. The number of rotatable bonds is 6. The molecule has 0 aliphatic heterocycles. The number of carboxylic acid groups (broad SMARTS) is 1. The molecule has 0 rings (SSSR count). The highest BCUT2D eigenvalue weighted by Crippen LogP contribution is 2.13. The Morgan fingerprint density at radius 1 is 1.29 bits per heavy atom. The van der Waals surface area contributed by atoms with Gasteiger partial charge in [-0.25, -0.2) is 0 Å². The molecule has 17 heavy (non-hydrogen) atoms. The summed E-state index contributed by atoms with van der Waals surface area (Å²) in [6, 6.07) is -1.02. The van der Waals surface area contributed by atoms with Crippen molar-refractivity contribution < 1.29 is 27.9 Å². The minimum absolute atomic E-state index is 0. The molecule has 0 saturated carbocycles. The number of hydrogen-bond donors (Lipinski definition) is 3. The molecule has 0 saturated heterocycles. The van der Waals surface area contributed by atoms with Crippen molar-refractivity contribution in [2.45, 2.75) is 38.9 Å². The number of carboxylic acids is 1. The Hall–Kier alpha value is -1.31. The molecule has 0 spiro atoms. The van der Waals surface area contributed by atoms with Crippen LogP contribution in [0.5, 0.6) is 0 Å². The van der Waals surface area contributed by atoms with Gasteiger partial charge in [0, 0.05) is 6.54 Å². The Balaban J connectivity index is 0. The zero-order valence-corrected chi connectivity index (χ0v) is 8.38. The summed E-state index contributed by atoms with van der Waals surface area (Å²) in [4.78, 5) is 20.6. The SMILES string of the molecule is C.NC(CCCCNC(=O)C(F)(F)F)C(=O)O. The van der Waals surface area contributed by atoms with Gasteiger partial charge in [0.05, 0.1) is 0 Å². The number of carbonyl (C=O) groups excluding carboxylic acids is 1. The van der Waals surface area contributed by atoms with E-state index in [0.29, 0.717) is 6.42 Å². The molecule has 0 fully saturated rings. The Labute approximate surface area is 97.2 Å². The number of alkyl halides is 3. The minimum Gasteiger partial charge on any atom is -0.480 e. The molecule has 0 radical (unpaired) electrons. The first kappa shape index (κ1) is 18.1. The fraction of sp³-hybridized carbons (Fsp3) is 0.778. The van der Waals surface area contributed by atoms with Crippen LogP contribution in [0.2, 0.25) is 0 Å². The van der Waals surface area contributed by atoms with Crippen LogP contribution < -0.4 is 11.1 Å². The third kappa shape index (κ3) is 8.49. The third-order valence-corrected chi connectivity index (χ3v) is 1.80. The van der Waals surface area contributed by atoms with Gasteiger partial charge in [-0.3, -0.25) is 9.59 Å². The van der Waals surface area contributed by atoms with E-state index in [1.807, 2.05) is 0 Å². The van der Waals surface area contributed by atoms with Gasteiger partial charge in [0.15, 0.2) is 0 Å². The van der Waals surface area contributed by atoms with E-state index >= 15 is 0 Å². The molecule has 0 aliphatic carbocycles. The molecule has 102 valence electrons. The van der Waals surface area contributed by atoms with Crippen LogP contribution in [0.15, 0.2) is 0 Å². The third-order valence-electron chi connectivity index (χ3n) is 1.80. The van der Waals surface area contributed by atoms with Crippen LogP contribution >= 0.6 is 0 Å². The van der Waals surface area contributed by atoms with E-state index in [-0.39, 0.29) is 26.8 Å². The maximum atomic E-state index is 11.7. The fourth-order valence-corrected chi connectivity index (χ4v) is 0.915. The van der Waals surface area contributed by atoms with E-state index < -0.39 is 24.1 Å². The maximum Gasteiger partial charge on any atom is 0.471 e. The van der Waals surface area contributed by atoms with Crippen LogP contribution in [0.4, 0.5) is 13.2 Å². The summed E-state index contributed by atoms with van der Waals surface area (Å²) in [6.45, 7) is -0.148. The van der Waals surface area contributed by atoms with Crippen molar-refractivity contribution in [3.63, 3.8) is 0 Å². The first-order chi connectivity index (χ1) is 7.25. The van der Waals surface area contributed by atoms with Gasteiger partial charge in [-0.2, -0.15) is 13.2 Å². The van der Waals surface area contributed by atoms with Crippen molar-refractivity contribution in [1.82, 2.24) is 5.32 Å². The van der Waals surface area contributed by atoms with Crippen LogP contribution in [0.3, 0.4) is 0 Å². The fourth-order valence-electron chi connectivity index (χ4n) is 0.915. The average Bonchev–Trinajstić information content (AvgIpc) is 2.14. The predicted octanol–water partition coefficient (Wildman–Crippen LogP) is 0.883. The molecular formula is C9H17F3N2O3. The molecule has 1 unspecified atom stereocenters. The van der Waals surface area contributed by atoms with E-state index in [2.05, 4.69) is 0 Å². The second-order valence-electron chi connectivity index (χ2n) is 3.19. The summed E-state index contributed by atoms with van der Waals surface area (Å²) >= 11 is 0. The summed E-state index contributed by atoms with van der Waals surface area (Å²) in [6.07, 6.45) is -4.12. The van der Waals surface area contributed by atoms with Gasteiger partial charge < -0.3 is 16.2 Å². The zero-order valence-electron chi connectivity index (χ0n) is 8.38. The highest BCUT2D eigenvalue weighted by molar-refractivity contribution is 5.81. The molecule has 0 heterocycles. The van der Waals surface area contributed by atoms with Gasteiger partial charge in [0.25, 0.3) is 0 Å². The normalized spacial score (nSPS) is 12.5. The topological polar surface area (TPSA) is 92.4 Å². The van der Waals surface area contributed by atoms with Crippen molar-refractivity contribution >= 4 is 11.9 Å². The monoisotopic (exact) mass is 258 g/mol. The number of halogens is 3. The summed E-state index contributed by atoms with van der Waals surface area (Å²) < 4.78 is 35.0. The first-order valence-corrected chi connectivity index (χ1v) is 4.58. The van der Waals surface area contributed by atoms with Gasteiger partial charge in [0.2, 0.25) is 0 Å². The van der Waals surface area contributed by atoms with Crippen molar-refractivity contribution in [3.8, 4) is 0 Å². The quantitative estimate of drug-likeness (QED) is 0.617. The number of hydrogen-bond acceptors (Lipinski definition) is 3. The number of nitrogens with one attached hydrogen (secondary N) is 1. The number of carbonyl (C=O) groups is 2. The molecule has 0 aromatic heterocycles. The van der Waals surface area contributed by atoms with Crippen molar-refractivity contribution in [3.05, 3.63) is 0 Å². The number of nitrogens with two attached hydrogens (primary N) is 1. The van der Waals surface area contributed by atoms with Crippen molar-refractivity contribution in [1.29, 1.82) is 0 Å². The lowest BCUT2D eigenvalue weighted by atomic mass is 10.1. The van der Waals surface area contributed by atoms with E-state index in [9.17, 15) is 22.8 Å². The van der Waals surface area contributed by atoms with Gasteiger partial charge in [0.1, 0.15) is 6.04 Å². The van der Waals surface area contributed by atoms with E-state index in [1.165, 1.54) is 0 Å². The molecule has 0 aromatic carbocycles. The Morgan fingerprint density at radius 3 is 2.24 bits per heavy atom. The summed E-state index contributed by atoms with van der Waals surface area (Å²) in [5.74, 6) is -3.14. The van der Waals surface area contributed by atoms with Crippen molar-refractivity contribution in [2.75, 3.05) is 6.54 Å². The number of amides is 1. The summed E-state index contributed by atoms with van der Waals surface area (Å²) in [5, 5.41) is 10.1. The van der Waals surface area contributed by atoms with Crippen LogP contribution in [0.1, 0.15) is 26.7 Å². The molecular weight excluding hydrogens is 241 g/mol. The van der Waals surface area contributed by atoms with Crippen molar-refractivity contribution in [2.24, 2.45) is 5.73 Å². The molecule has 1 amide bonds. The average molecular weight is 258 g/mol. The van der Waals surface area contributed by atoms with E-state index in [4.69, 9.17) is 10.8 Å². The highest BCUT2D eigenvalue weighted by Gasteiger charge is 2.38. The van der Waals surface area contributed by atoms with Crippen LogP contribution in [-0.2, 0) is 9.59 Å². The minimum atomic E-state index is -4.88. The predicted molar refractivity (Wildman–Crippen MR) is 55.3 cm³/mol. The van der Waals surface area contributed by atoms with Crippen LogP contribution in [-0.4, -0.2) is 35.7 Å². The molecule has 4 N–H and O–H groups in total.